The highest BCUT2D eigenvalue weighted by Gasteiger charge is 2.22. The molecule has 7 heteroatoms. The zero-order valence-corrected chi connectivity index (χ0v) is 17.8. The van der Waals surface area contributed by atoms with Crippen molar-refractivity contribution in [2.24, 2.45) is 0 Å². The van der Waals surface area contributed by atoms with Crippen molar-refractivity contribution in [1.29, 1.82) is 0 Å². The van der Waals surface area contributed by atoms with Gasteiger partial charge in [-0.05, 0) is 42.8 Å². The van der Waals surface area contributed by atoms with E-state index in [1.807, 2.05) is 63.4 Å². The van der Waals surface area contributed by atoms with E-state index in [1.165, 1.54) is 0 Å². The normalized spacial score (nSPS) is 11.3. The zero-order chi connectivity index (χ0) is 21.0. The minimum Gasteiger partial charge on any atom is -0.322 e. The van der Waals surface area contributed by atoms with Gasteiger partial charge in [0.1, 0.15) is 11.4 Å². The summed E-state index contributed by atoms with van der Waals surface area (Å²) >= 11 is 1.69. The van der Waals surface area contributed by atoms with Gasteiger partial charge < -0.3 is 10.3 Å². The topological polar surface area (TPSA) is 87.7 Å². The molecule has 0 saturated carbocycles. The number of nitrogens with one attached hydrogen (secondary N) is 2. The van der Waals surface area contributed by atoms with Crippen molar-refractivity contribution in [3.63, 3.8) is 0 Å². The lowest BCUT2D eigenvalue weighted by Gasteiger charge is -2.18. The van der Waals surface area contributed by atoms with Crippen molar-refractivity contribution in [2.75, 3.05) is 5.32 Å². The lowest BCUT2D eigenvalue weighted by Crippen LogP contribution is -2.30. The number of rotatable bonds is 5. The Morgan fingerprint density at radius 1 is 1.17 bits per heavy atom. The van der Waals surface area contributed by atoms with Crippen LogP contribution in [0.2, 0.25) is 0 Å². The molecule has 1 amide bonds. The maximum absolute atomic E-state index is 12.6. The molecule has 0 radical (unpaired) electrons. The van der Waals surface area contributed by atoms with E-state index in [0.717, 1.165) is 16.2 Å². The number of carbonyl (C=O) groups excluding carboxylic acids is 1. The van der Waals surface area contributed by atoms with Gasteiger partial charge in [0.05, 0.1) is 5.69 Å². The number of aryl methyl sites for hydroxylation is 1. The molecule has 0 saturated heterocycles. The lowest BCUT2D eigenvalue weighted by molar-refractivity contribution is 0.102. The van der Waals surface area contributed by atoms with Crippen LogP contribution in [0.15, 0.2) is 58.5 Å². The van der Waals surface area contributed by atoms with Crippen LogP contribution in [-0.2, 0) is 11.2 Å². The van der Waals surface area contributed by atoms with Crippen LogP contribution in [0.5, 0.6) is 0 Å². The van der Waals surface area contributed by atoms with Crippen molar-refractivity contribution in [2.45, 2.75) is 43.8 Å². The van der Waals surface area contributed by atoms with Gasteiger partial charge in [-0.15, -0.1) is 11.8 Å². The SMILES string of the molecule is Cc1nc(C(C)(C)C)[nH]c(=O)c1C(=O)Nc1ccc(SCc2cccnc2)cc1. The number of nitrogens with zero attached hydrogens (tertiary/aromatic N) is 2. The number of aromatic amines is 1. The average molecular weight is 409 g/mol. The average Bonchev–Trinajstić information content (AvgIpc) is 2.67. The molecule has 0 fully saturated rings. The molecule has 0 atom stereocenters. The van der Waals surface area contributed by atoms with Gasteiger partial charge in [0.15, 0.2) is 0 Å². The Kier molecular flexibility index (Phi) is 6.17. The lowest BCUT2D eigenvalue weighted by atomic mass is 9.95. The second kappa shape index (κ2) is 8.61. The van der Waals surface area contributed by atoms with Crippen LogP contribution in [-0.4, -0.2) is 20.9 Å². The third-order valence-corrected chi connectivity index (χ3v) is 5.36. The molecule has 0 spiro atoms. The van der Waals surface area contributed by atoms with Crippen molar-refractivity contribution in [3.05, 3.63) is 81.8 Å². The molecular weight excluding hydrogens is 384 g/mol. The van der Waals surface area contributed by atoms with Crippen molar-refractivity contribution in [3.8, 4) is 0 Å². The van der Waals surface area contributed by atoms with E-state index in [0.29, 0.717) is 17.2 Å². The number of pyridine rings is 1. The quantitative estimate of drug-likeness (QED) is 0.614. The number of thioether (sulfide) groups is 1. The maximum atomic E-state index is 12.6. The highest BCUT2D eigenvalue weighted by Crippen LogP contribution is 2.24. The molecule has 150 valence electrons. The molecule has 0 aliphatic carbocycles. The summed E-state index contributed by atoms with van der Waals surface area (Å²) in [4.78, 5) is 37.4. The number of benzene rings is 1. The Morgan fingerprint density at radius 3 is 2.48 bits per heavy atom. The number of hydrogen-bond acceptors (Lipinski definition) is 5. The van der Waals surface area contributed by atoms with Gasteiger partial charge >= 0.3 is 0 Å². The van der Waals surface area contributed by atoms with Gasteiger partial charge in [0.25, 0.3) is 11.5 Å². The van der Waals surface area contributed by atoms with Gasteiger partial charge in [0, 0.05) is 34.1 Å². The van der Waals surface area contributed by atoms with E-state index in [-0.39, 0.29) is 11.0 Å². The maximum Gasteiger partial charge on any atom is 0.264 e. The molecule has 3 rings (SSSR count). The van der Waals surface area contributed by atoms with Gasteiger partial charge in [-0.25, -0.2) is 4.98 Å². The van der Waals surface area contributed by atoms with E-state index in [9.17, 15) is 9.59 Å². The molecule has 0 bridgehead atoms. The van der Waals surface area contributed by atoms with Crippen LogP contribution in [0, 0.1) is 6.92 Å². The monoisotopic (exact) mass is 408 g/mol. The van der Waals surface area contributed by atoms with E-state index < -0.39 is 11.5 Å². The molecule has 0 aliphatic rings. The van der Waals surface area contributed by atoms with Crippen LogP contribution in [0.3, 0.4) is 0 Å². The highest BCUT2D eigenvalue weighted by molar-refractivity contribution is 7.98. The molecule has 0 aliphatic heterocycles. The third kappa shape index (κ3) is 5.32. The number of H-pyrrole nitrogens is 1. The smallest absolute Gasteiger partial charge is 0.264 e. The molecule has 0 unspecified atom stereocenters. The van der Waals surface area contributed by atoms with Crippen LogP contribution in [0.4, 0.5) is 5.69 Å². The third-order valence-electron chi connectivity index (χ3n) is 4.28. The Bertz CT molecular complexity index is 1050. The number of amides is 1. The van der Waals surface area contributed by atoms with E-state index in [1.54, 1.807) is 24.9 Å². The summed E-state index contributed by atoms with van der Waals surface area (Å²) in [6.07, 6.45) is 3.60. The van der Waals surface area contributed by atoms with E-state index in [2.05, 4.69) is 20.3 Å². The van der Waals surface area contributed by atoms with Gasteiger partial charge in [-0.2, -0.15) is 0 Å². The minimum absolute atomic E-state index is 0.0352. The molecule has 6 nitrogen and oxygen atoms in total. The summed E-state index contributed by atoms with van der Waals surface area (Å²) in [5, 5.41) is 2.78. The summed E-state index contributed by atoms with van der Waals surface area (Å²) in [7, 11) is 0. The standard InChI is InChI=1S/C22H24N4O2S/c1-14-18(20(28)26-21(24-14)22(2,3)4)19(27)25-16-7-9-17(10-8-16)29-13-15-6-5-11-23-12-15/h5-12H,13H2,1-4H3,(H,25,27)(H,24,26,28). The number of anilines is 1. The number of aromatic nitrogens is 3. The number of carbonyl (C=O) groups is 1. The summed E-state index contributed by atoms with van der Waals surface area (Å²) < 4.78 is 0. The second-order valence-corrected chi connectivity index (χ2v) is 8.80. The Hall–Kier alpha value is -2.93. The first-order valence-corrected chi connectivity index (χ1v) is 10.3. The summed E-state index contributed by atoms with van der Waals surface area (Å²) in [6.45, 7) is 7.55. The van der Waals surface area contributed by atoms with Crippen molar-refractivity contribution < 1.29 is 4.79 Å². The first-order chi connectivity index (χ1) is 13.7. The summed E-state index contributed by atoms with van der Waals surface area (Å²) in [5.74, 6) is 0.916. The van der Waals surface area contributed by atoms with E-state index in [4.69, 9.17) is 0 Å². The predicted octanol–water partition coefficient (Wildman–Crippen LogP) is 4.32. The molecule has 1 aromatic carbocycles. The van der Waals surface area contributed by atoms with Crippen molar-refractivity contribution in [1.82, 2.24) is 15.0 Å². The Balaban J connectivity index is 1.69. The largest absolute Gasteiger partial charge is 0.322 e. The Labute approximate surface area is 174 Å². The van der Waals surface area contributed by atoms with Gasteiger partial charge in [-0.3, -0.25) is 14.6 Å². The molecule has 2 aromatic heterocycles. The molecule has 2 heterocycles. The van der Waals surface area contributed by atoms with Gasteiger partial charge in [-0.1, -0.05) is 26.8 Å². The molecule has 29 heavy (non-hydrogen) atoms. The zero-order valence-electron chi connectivity index (χ0n) is 16.9. The van der Waals surface area contributed by atoms with Crippen LogP contribution >= 0.6 is 11.8 Å². The van der Waals surface area contributed by atoms with Crippen molar-refractivity contribution >= 4 is 23.4 Å². The summed E-state index contributed by atoms with van der Waals surface area (Å²) in [5.41, 5.74) is 1.49. The molecular formula is C22H24N4O2S. The molecule has 3 aromatic rings. The first kappa shape index (κ1) is 20.8. The fourth-order valence-corrected chi connectivity index (χ4v) is 3.52. The Morgan fingerprint density at radius 2 is 1.90 bits per heavy atom. The fourth-order valence-electron chi connectivity index (χ4n) is 2.69. The summed E-state index contributed by atoms with van der Waals surface area (Å²) in [6, 6.07) is 11.5. The fraction of sp³-hybridized carbons (Fsp3) is 0.273. The highest BCUT2D eigenvalue weighted by atomic mass is 32.2. The van der Waals surface area contributed by atoms with Crippen LogP contribution in [0.1, 0.15) is 48.2 Å². The van der Waals surface area contributed by atoms with Crippen LogP contribution in [0.25, 0.3) is 0 Å². The van der Waals surface area contributed by atoms with Gasteiger partial charge in [0.2, 0.25) is 0 Å². The first-order valence-electron chi connectivity index (χ1n) is 9.28. The van der Waals surface area contributed by atoms with Crippen LogP contribution < -0.4 is 10.9 Å². The second-order valence-electron chi connectivity index (χ2n) is 7.75. The number of hydrogen-bond donors (Lipinski definition) is 2. The van der Waals surface area contributed by atoms with E-state index >= 15 is 0 Å². The molecule has 2 N–H and O–H groups in total. The predicted molar refractivity (Wildman–Crippen MR) is 116 cm³/mol. The minimum atomic E-state index is -0.465.